The minimum absolute atomic E-state index is 0.323. The molecule has 0 atom stereocenters. The molecule has 0 aliphatic heterocycles. The molecule has 2 heterocycles. The van der Waals surface area contributed by atoms with E-state index < -0.39 is 0 Å². The van der Waals surface area contributed by atoms with Crippen molar-refractivity contribution in [2.45, 2.75) is 20.8 Å². The highest BCUT2D eigenvalue weighted by Crippen LogP contribution is 2.18. The molecule has 0 aliphatic carbocycles. The fourth-order valence-corrected chi connectivity index (χ4v) is 1.91. The lowest BCUT2D eigenvalue weighted by molar-refractivity contribution is 0.853. The molecule has 0 saturated heterocycles. The third-order valence-corrected chi connectivity index (χ3v) is 2.94. The van der Waals surface area contributed by atoms with Crippen LogP contribution in [0.5, 0.6) is 0 Å². The first-order valence-electron chi connectivity index (χ1n) is 5.16. The Hall–Kier alpha value is -1.82. The van der Waals surface area contributed by atoms with Crippen molar-refractivity contribution in [3.05, 3.63) is 35.0 Å². The van der Waals surface area contributed by atoms with E-state index in [0.717, 1.165) is 22.6 Å². The maximum atomic E-state index is 5.77. The summed E-state index contributed by atoms with van der Waals surface area (Å²) >= 11 is 5.09. The minimum atomic E-state index is 0.323. The lowest BCUT2D eigenvalue weighted by Gasteiger charge is -2.12. The maximum Gasteiger partial charge on any atom is 0.171 e. The molecule has 5 nitrogen and oxygen atoms in total. The predicted octanol–water partition coefficient (Wildman–Crippen LogP) is 1.22. The Balaban J connectivity index is 2.75. The number of nitrogens with zero attached hydrogens (tertiary/aromatic N) is 4. The van der Waals surface area contributed by atoms with Crippen LogP contribution in [0.3, 0.4) is 0 Å². The summed E-state index contributed by atoms with van der Waals surface area (Å²) in [7, 11) is 0. The zero-order valence-corrected chi connectivity index (χ0v) is 10.7. The van der Waals surface area contributed by atoms with Crippen LogP contribution in [0.2, 0.25) is 0 Å². The molecule has 17 heavy (non-hydrogen) atoms. The lowest BCUT2D eigenvalue weighted by Crippen LogP contribution is -2.18. The van der Waals surface area contributed by atoms with Gasteiger partial charge in [-0.15, -0.1) is 5.10 Å². The molecule has 88 valence electrons. The summed E-state index contributed by atoms with van der Waals surface area (Å²) in [6.07, 6.45) is 3.52. The molecule has 6 heteroatoms. The summed E-state index contributed by atoms with van der Waals surface area (Å²) in [5, 5.41) is 8.27. The maximum absolute atomic E-state index is 5.77. The van der Waals surface area contributed by atoms with Gasteiger partial charge in [-0.1, -0.05) is 12.2 Å². The second-order valence-corrected chi connectivity index (χ2v) is 4.26. The van der Waals surface area contributed by atoms with E-state index in [0.29, 0.717) is 10.8 Å². The molecule has 2 aromatic rings. The van der Waals surface area contributed by atoms with E-state index in [1.165, 1.54) is 0 Å². The molecule has 0 aromatic carbocycles. The lowest BCUT2D eigenvalue weighted by atomic mass is 10.1. The molecule has 0 spiro atoms. The van der Waals surface area contributed by atoms with Crippen molar-refractivity contribution in [3.63, 3.8) is 0 Å². The Morgan fingerprint density at radius 1 is 1.29 bits per heavy atom. The van der Waals surface area contributed by atoms with Crippen molar-refractivity contribution in [2.24, 2.45) is 5.73 Å². The van der Waals surface area contributed by atoms with Crippen LogP contribution in [0.25, 0.3) is 5.82 Å². The van der Waals surface area contributed by atoms with E-state index in [1.807, 2.05) is 31.5 Å². The highest BCUT2D eigenvalue weighted by molar-refractivity contribution is 7.80. The average Bonchev–Trinajstić information content (AvgIpc) is 2.67. The van der Waals surface area contributed by atoms with Crippen LogP contribution in [-0.2, 0) is 0 Å². The summed E-state index contributed by atoms with van der Waals surface area (Å²) in [6.45, 7) is 5.71. The largest absolute Gasteiger partial charge is 0.389 e. The monoisotopic (exact) mass is 247 g/mol. The molecule has 0 radical (unpaired) electrons. The van der Waals surface area contributed by atoms with Gasteiger partial charge in [0, 0.05) is 12.4 Å². The van der Waals surface area contributed by atoms with E-state index in [-0.39, 0.29) is 0 Å². The number of rotatable bonds is 2. The van der Waals surface area contributed by atoms with Gasteiger partial charge in [0.25, 0.3) is 0 Å². The van der Waals surface area contributed by atoms with Gasteiger partial charge in [0.15, 0.2) is 5.82 Å². The molecule has 2 rings (SSSR count). The summed E-state index contributed by atoms with van der Waals surface area (Å²) < 4.78 is 1.83. The number of thiocarbonyl (C=S) groups is 1. The van der Waals surface area contributed by atoms with Crippen LogP contribution in [0, 0.1) is 20.8 Å². The van der Waals surface area contributed by atoms with Gasteiger partial charge < -0.3 is 5.73 Å². The van der Waals surface area contributed by atoms with E-state index in [9.17, 15) is 0 Å². The van der Waals surface area contributed by atoms with Crippen molar-refractivity contribution in [1.82, 2.24) is 19.7 Å². The second kappa shape index (κ2) is 4.21. The standard InChI is InChI=1S/C11H13N5S/c1-6-7(2)14-15-11(9(6)10(12)17)16-5-4-13-8(16)3/h4-5H,1-3H3,(H2,12,17). The number of hydrogen-bond acceptors (Lipinski definition) is 4. The van der Waals surface area contributed by atoms with Crippen molar-refractivity contribution in [2.75, 3.05) is 0 Å². The molecule has 2 aromatic heterocycles. The molecular weight excluding hydrogens is 234 g/mol. The van der Waals surface area contributed by atoms with Gasteiger partial charge in [-0.05, 0) is 26.3 Å². The van der Waals surface area contributed by atoms with Crippen LogP contribution in [0.4, 0.5) is 0 Å². The fourth-order valence-electron chi connectivity index (χ4n) is 1.66. The first-order chi connectivity index (χ1) is 8.02. The van der Waals surface area contributed by atoms with Gasteiger partial charge in [-0.2, -0.15) is 5.10 Å². The molecule has 0 fully saturated rings. The van der Waals surface area contributed by atoms with Gasteiger partial charge in [0.05, 0.1) is 11.3 Å². The fraction of sp³-hybridized carbons (Fsp3) is 0.273. The van der Waals surface area contributed by atoms with Crippen LogP contribution in [-0.4, -0.2) is 24.7 Å². The van der Waals surface area contributed by atoms with Crippen LogP contribution >= 0.6 is 12.2 Å². The number of aromatic nitrogens is 4. The summed E-state index contributed by atoms with van der Waals surface area (Å²) in [5.41, 5.74) is 8.31. The van der Waals surface area contributed by atoms with E-state index >= 15 is 0 Å². The Morgan fingerprint density at radius 2 is 2.00 bits per heavy atom. The van der Waals surface area contributed by atoms with Crippen molar-refractivity contribution >= 4 is 17.2 Å². The summed E-state index contributed by atoms with van der Waals surface area (Å²) in [4.78, 5) is 4.48. The highest BCUT2D eigenvalue weighted by Gasteiger charge is 2.16. The first kappa shape index (κ1) is 11.7. The summed E-state index contributed by atoms with van der Waals surface area (Å²) in [5.74, 6) is 1.45. The van der Waals surface area contributed by atoms with Gasteiger partial charge in [-0.25, -0.2) is 4.98 Å². The number of imidazole rings is 1. The number of nitrogens with two attached hydrogens (primary N) is 1. The molecule has 0 amide bonds. The zero-order valence-electron chi connectivity index (χ0n) is 9.93. The normalized spacial score (nSPS) is 10.5. The Kier molecular flexibility index (Phi) is 2.89. The van der Waals surface area contributed by atoms with Crippen molar-refractivity contribution < 1.29 is 0 Å². The first-order valence-corrected chi connectivity index (χ1v) is 5.57. The molecule has 0 saturated carbocycles. The second-order valence-electron chi connectivity index (χ2n) is 3.82. The van der Waals surface area contributed by atoms with Crippen LogP contribution in [0.1, 0.15) is 22.6 Å². The van der Waals surface area contributed by atoms with Gasteiger partial charge in [0.1, 0.15) is 10.8 Å². The molecule has 0 aliphatic rings. The van der Waals surface area contributed by atoms with E-state index in [4.69, 9.17) is 18.0 Å². The zero-order chi connectivity index (χ0) is 12.6. The topological polar surface area (TPSA) is 69.6 Å². The Morgan fingerprint density at radius 3 is 2.53 bits per heavy atom. The highest BCUT2D eigenvalue weighted by atomic mass is 32.1. The smallest absolute Gasteiger partial charge is 0.171 e. The average molecular weight is 247 g/mol. The van der Waals surface area contributed by atoms with Crippen molar-refractivity contribution in [3.8, 4) is 5.82 Å². The van der Waals surface area contributed by atoms with Crippen molar-refractivity contribution in [1.29, 1.82) is 0 Å². The Bertz CT molecular complexity index is 588. The number of hydrogen-bond donors (Lipinski definition) is 1. The predicted molar refractivity (Wildman–Crippen MR) is 69.3 cm³/mol. The SMILES string of the molecule is Cc1nnc(-n2ccnc2C)c(C(N)=S)c1C. The van der Waals surface area contributed by atoms with E-state index in [2.05, 4.69) is 15.2 Å². The quantitative estimate of drug-likeness (QED) is 0.808. The molecule has 0 unspecified atom stereocenters. The minimum Gasteiger partial charge on any atom is -0.389 e. The number of aryl methyl sites for hydroxylation is 2. The Labute approximate surface area is 105 Å². The molecule has 2 N–H and O–H groups in total. The van der Waals surface area contributed by atoms with Crippen LogP contribution < -0.4 is 5.73 Å². The third kappa shape index (κ3) is 1.91. The molecular formula is C11H13N5S. The van der Waals surface area contributed by atoms with Crippen LogP contribution in [0.15, 0.2) is 12.4 Å². The van der Waals surface area contributed by atoms with E-state index in [1.54, 1.807) is 6.20 Å². The summed E-state index contributed by atoms with van der Waals surface area (Å²) in [6, 6.07) is 0. The third-order valence-electron chi connectivity index (χ3n) is 2.74. The van der Waals surface area contributed by atoms with Gasteiger partial charge in [-0.3, -0.25) is 4.57 Å². The van der Waals surface area contributed by atoms with Gasteiger partial charge in [0.2, 0.25) is 0 Å². The van der Waals surface area contributed by atoms with Gasteiger partial charge >= 0.3 is 0 Å². The molecule has 0 bridgehead atoms.